The zero-order valence-electron chi connectivity index (χ0n) is 17.4. The predicted octanol–water partition coefficient (Wildman–Crippen LogP) is 4.16. The molecule has 0 saturated heterocycles. The first-order valence-electron chi connectivity index (χ1n) is 9.78. The van der Waals surface area contributed by atoms with Crippen LogP contribution in [0.25, 0.3) is 22.1 Å². The molecule has 4 rings (SSSR count). The third-order valence-electron chi connectivity index (χ3n) is 5.02. The summed E-state index contributed by atoms with van der Waals surface area (Å²) in [6.45, 7) is 4.65. The molecule has 0 fully saturated rings. The van der Waals surface area contributed by atoms with E-state index in [4.69, 9.17) is 18.6 Å². The third-order valence-corrected chi connectivity index (χ3v) is 5.02. The van der Waals surface area contributed by atoms with Gasteiger partial charge in [-0.05, 0) is 42.7 Å². The fourth-order valence-electron chi connectivity index (χ4n) is 3.47. The number of benzene rings is 2. The van der Waals surface area contributed by atoms with Crippen LogP contribution in [0.1, 0.15) is 18.2 Å². The Morgan fingerprint density at radius 3 is 2.53 bits per heavy atom. The summed E-state index contributed by atoms with van der Waals surface area (Å²) in [5.74, 6) is 2.13. The molecule has 0 saturated carbocycles. The molecule has 1 aliphatic rings. The van der Waals surface area contributed by atoms with Gasteiger partial charge in [0, 0.05) is 20.2 Å². The molecule has 0 spiro atoms. The standard InChI is InChI=1S/C23H23NO6/c1-5-14-10-16-19(12-18(14)30-23(26)24(3)4)29-13(2)21(22(16)25)15-6-7-17-20(11-15)28-9-8-27-17/h6-7,10-12H,5,8-9H2,1-4H3. The van der Waals surface area contributed by atoms with Crippen LogP contribution in [0.3, 0.4) is 0 Å². The SMILES string of the molecule is CCc1cc2c(=O)c(-c3ccc4c(c3)OCCO4)c(C)oc2cc1OC(=O)N(C)C. The van der Waals surface area contributed by atoms with Crippen molar-refractivity contribution in [2.75, 3.05) is 27.3 Å². The zero-order chi connectivity index (χ0) is 21.4. The van der Waals surface area contributed by atoms with Gasteiger partial charge in [-0.3, -0.25) is 4.79 Å². The van der Waals surface area contributed by atoms with Gasteiger partial charge in [0.25, 0.3) is 0 Å². The Kier molecular flexibility index (Phi) is 5.11. The van der Waals surface area contributed by atoms with E-state index in [1.807, 2.05) is 13.0 Å². The molecule has 2 aromatic carbocycles. The van der Waals surface area contributed by atoms with Crippen molar-refractivity contribution in [2.24, 2.45) is 0 Å². The van der Waals surface area contributed by atoms with Gasteiger partial charge in [0.15, 0.2) is 11.5 Å². The second-order valence-electron chi connectivity index (χ2n) is 7.29. The van der Waals surface area contributed by atoms with Crippen molar-refractivity contribution in [1.82, 2.24) is 4.90 Å². The molecule has 1 amide bonds. The molecule has 1 aliphatic heterocycles. The van der Waals surface area contributed by atoms with Crippen LogP contribution in [-0.2, 0) is 6.42 Å². The van der Waals surface area contributed by atoms with Crippen LogP contribution < -0.4 is 19.6 Å². The van der Waals surface area contributed by atoms with Crippen LogP contribution in [0.2, 0.25) is 0 Å². The van der Waals surface area contributed by atoms with Crippen molar-refractivity contribution in [3.8, 4) is 28.4 Å². The number of rotatable bonds is 3. The Hall–Kier alpha value is -3.48. The van der Waals surface area contributed by atoms with E-state index in [0.29, 0.717) is 64.7 Å². The van der Waals surface area contributed by atoms with E-state index in [1.54, 1.807) is 45.3 Å². The molecule has 0 atom stereocenters. The topological polar surface area (TPSA) is 78.2 Å². The number of carbonyl (C=O) groups excluding carboxylic acids is 1. The summed E-state index contributed by atoms with van der Waals surface area (Å²) in [7, 11) is 3.22. The van der Waals surface area contributed by atoms with Crippen LogP contribution in [0, 0.1) is 6.92 Å². The summed E-state index contributed by atoms with van der Waals surface area (Å²) in [5.41, 5.74) is 2.15. The first-order chi connectivity index (χ1) is 14.4. The highest BCUT2D eigenvalue weighted by Gasteiger charge is 2.20. The normalized spacial score (nSPS) is 12.7. The number of carbonyl (C=O) groups is 1. The van der Waals surface area contributed by atoms with Crippen molar-refractivity contribution in [2.45, 2.75) is 20.3 Å². The van der Waals surface area contributed by atoms with Crippen molar-refractivity contribution < 1.29 is 23.4 Å². The molecule has 2 heterocycles. The minimum Gasteiger partial charge on any atom is -0.486 e. The molecule has 0 radical (unpaired) electrons. The molecule has 0 bridgehead atoms. The van der Waals surface area contributed by atoms with Crippen LogP contribution >= 0.6 is 0 Å². The van der Waals surface area contributed by atoms with E-state index in [9.17, 15) is 9.59 Å². The highest BCUT2D eigenvalue weighted by Crippen LogP contribution is 2.36. The Bertz CT molecular complexity index is 1190. The van der Waals surface area contributed by atoms with Gasteiger partial charge in [0.1, 0.15) is 30.3 Å². The van der Waals surface area contributed by atoms with Crippen molar-refractivity contribution >= 4 is 17.1 Å². The van der Waals surface area contributed by atoms with Gasteiger partial charge in [-0.15, -0.1) is 0 Å². The number of amides is 1. The molecule has 0 aliphatic carbocycles. The lowest BCUT2D eigenvalue weighted by Crippen LogP contribution is -2.25. The van der Waals surface area contributed by atoms with E-state index >= 15 is 0 Å². The minimum atomic E-state index is -0.490. The second kappa shape index (κ2) is 7.74. The number of hydrogen-bond acceptors (Lipinski definition) is 6. The summed E-state index contributed by atoms with van der Waals surface area (Å²) in [4.78, 5) is 26.7. The molecule has 0 N–H and O–H groups in total. The Labute approximate surface area is 173 Å². The van der Waals surface area contributed by atoms with Crippen LogP contribution in [0.5, 0.6) is 17.2 Å². The van der Waals surface area contributed by atoms with E-state index in [2.05, 4.69) is 0 Å². The van der Waals surface area contributed by atoms with Crippen molar-refractivity contribution in [3.05, 3.63) is 51.9 Å². The molecule has 1 aromatic heterocycles. The monoisotopic (exact) mass is 409 g/mol. The maximum absolute atomic E-state index is 13.4. The lowest BCUT2D eigenvalue weighted by Gasteiger charge is -2.19. The van der Waals surface area contributed by atoms with E-state index in [-0.39, 0.29) is 5.43 Å². The first kappa shape index (κ1) is 19.8. The Morgan fingerprint density at radius 1 is 1.10 bits per heavy atom. The minimum absolute atomic E-state index is 0.148. The predicted molar refractivity (Wildman–Crippen MR) is 113 cm³/mol. The molecule has 0 unspecified atom stereocenters. The largest absolute Gasteiger partial charge is 0.486 e. The molecule has 7 nitrogen and oxygen atoms in total. The number of fused-ring (bicyclic) bond motifs is 2. The van der Waals surface area contributed by atoms with Crippen molar-refractivity contribution in [1.29, 1.82) is 0 Å². The number of hydrogen-bond donors (Lipinski definition) is 0. The summed E-state index contributed by atoms with van der Waals surface area (Å²) < 4.78 is 22.7. The lowest BCUT2D eigenvalue weighted by atomic mass is 10.00. The summed E-state index contributed by atoms with van der Waals surface area (Å²) in [6, 6.07) is 8.77. The lowest BCUT2D eigenvalue weighted by molar-refractivity contribution is 0.171. The van der Waals surface area contributed by atoms with Crippen LogP contribution in [0.15, 0.2) is 39.5 Å². The maximum Gasteiger partial charge on any atom is 0.414 e. The third kappa shape index (κ3) is 3.47. The molecule has 156 valence electrons. The van der Waals surface area contributed by atoms with Crippen LogP contribution in [0.4, 0.5) is 4.79 Å². The van der Waals surface area contributed by atoms with Gasteiger partial charge in [-0.25, -0.2) is 4.79 Å². The van der Waals surface area contributed by atoms with Gasteiger partial charge >= 0.3 is 6.09 Å². The fraction of sp³-hybridized carbons (Fsp3) is 0.304. The van der Waals surface area contributed by atoms with Crippen molar-refractivity contribution in [3.63, 3.8) is 0 Å². The number of aryl methyl sites for hydroxylation is 2. The number of ether oxygens (including phenoxy) is 3. The summed E-state index contributed by atoms with van der Waals surface area (Å²) >= 11 is 0. The average molecular weight is 409 g/mol. The average Bonchev–Trinajstić information content (AvgIpc) is 2.73. The quantitative estimate of drug-likeness (QED) is 0.646. The Morgan fingerprint density at radius 2 is 1.83 bits per heavy atom. The Balaban J connectivity index is 1.85. The maximum atomic E-state index is 13.4. The smallest absolute Gasteiger partial charge is 0.414 e. The molecule has 7 heteroatoms. The van der Waals surface area contributed by atoms with E-state index in [1.165, 1.54) is 4.90 Å². The number of nitrogens with zero attached hydrogens (tertiary/aromatic N) is 1. The fourth-order valence-corrected chi connectivity index (χ4v) is 3.47. The van der Waals surface area contributed by atoms with Gasteiger partial charge in [0.2, 0.25) is 5.43 Å². The van der Waals surface area contributed by atoms with Gasteiger partial charge in [-0.1, -0.05) is 13.0 Å². The highest BCUT2D eigenvalue weighted by atomic mass is 16.6. The highest BCUT2D eigenvalue weighted by molar-refractivity contribution is 5.86. The molecular formula is C23H23NO6. The van der Waals surface area contributed by atoms with Gasteiger partial charge in [0.05, 0.1) is 10.9 Å². The molecular weight excluding hydrogens is 386 g/mol. The van der Waals surface area contributed by atoms with Gasteiger partial charge in [-0.2, -0.15) is 0 Å². The molecule has 30 heavy (non-hydrogen) atoms. The zero-order valence-corrected chi connectivity index (χ0v) is 17.4. The van der Waals surface area contributed by atoms with Gasteiger partial charge < -0.3 is 23.5 Å². The van der Waals surface area contributed by atoms with Crippen LogP contribution in [-0.4, -0.2) is 38.3 Å². The summed E-state index contributed by atoms with van der Waals surface area (Å²) in [5, 5.41) is 0.437. The summed E-state index contributed by atoms with van der Waals surface area (Å²) in [6.07, 6.45) is 0.106. The van der Waals surface area contributed by atoms with E-state index < -0.39 is 6.09 Å². The molecule has 3 aromatic rings. The first-order valence-corrected chi connectivity index (χ1v) is 9.78. The second-order valence-corrected chi connectivity index (χ2v) is 7.29. The van der Waals surface area contributed by atoms with E-state index in [0.717, 1.165) is 5.56 Å².